The van der Waals surface area contributed by atoms with Crippen molar-refractivity contribution < 1.29 is 9.84 Å². The molecule has 0 aliphatic carbocycles. The van der Waals surface area contributed by atoms with Gasteiger partial charge in [0.2, 0.25) is 0 Å². The number of nitrogen functional groups attached to an aromatic ring is 1. The lowest BCUT2D eigenvalue weighted by Gasteiger charge is -2.34. The van der Waals surface area contributed by atoms with Gasteiger partial charge in [0.25, 0.3) is 0 Å². The third kappa shape index (κ3) is 4.34. The minimum Gasteiger partial charge on any atom is -0.492 e. The summed E-state index contributed by atoms with van der Waals surface area (Å²) < 4.78 is 5.84. The number of hydrogen-bond acceptors (Lipinski definition) is 6. The van der Waals surface area contributed by atoms with Crippen LogP contribution in [-0.4, -0.2) is 77.4 Å². The van der Waals surface area contributed by atoms with Crippen LogP contribution in [0.4, 0.5) is 5.95 Å². The summed E-state index contributed by atoms with van der Waals surface area (Å²) in [5.74, 6) is 1.26. The van der Waals surface area contributed by atoms with Gasteiger partial charge in [-0.05, 0) is 18.6 Å². The molecule has 1 saturated heterocycles. The molecule has 7 nitrogen and oxygen atoms in total. The van der Waals surface area contributed by atoms with Crippen molar-refractivity contribution in [2.75, 3.05) is 58.2 Å². The highest BCUT2D eigenvalue weighted by molar-refractivity contribution is 5.78. The van der Waals surface area contributed by atoms with E-state index in [1.54, 1.807) is 0 Å². The molecular formula is C16H25N5O2. The highest BCUT2D eigenvalue weighted by Crippen LogP contribution is 2.19. The van der Waals surface area contributed by atoms with Crippen LogP contribution in [0.1, 0.15) is 6.42 Å². The molecule has 0 bridgehead atoms. The zero-order chi connectivity index (χ0) is 16.1. The van der Waals surface area contributed by atoms with Gasteiger partial charge in [-0.25, -0.2) is 4.98 Å². The number of hydrogen-bond donors (Lipinski definition) is 3. The maximum absolute atomic E-state index is 8.87. The molecule has 7 heteroatoms. The van der Waals surface area contributed by atoms with Crippen LogP contribution in [0, 0.1) is 0 Å². The normalized spacial score (nSPS) is 16.9. The Morgan fingerprint density at radius 1 is 1.17 bits per heavy atom. The van der Waals surface area contributed by atoms with Crippen LogP contribution < -0.4 is 10.5 Å². The number of rotatable bonds is 7. The van der Waals surface area contributed by atoms with E-state index in [4.69, 9.17) is 15.6 Å². The standard InChI is InChI=1S/C16H25N5O2/c17-16-18-14-3-2-13(12-15(14)19-16)23-11-9-21-7-5-20(6-8-21)4-1-10-22/h2-3,12,22H,1,4-11H2,(H3,17,18,19). The summed E-state index contributed by atoms with van der Waals surface area (Å²) in [6.45, 7) is 7.13. The molecule has 1 aliphatic rings. The number of aliphatic hydroxyl groups excluding tert-OH is 1. The summed E-state index contributed by atoms with van der Waals surface area (Å²) in [7, 11) is 0. The largest absolute Gasteiger partial charge is 0.492 e. The minimum absolute atomic E-state index is 0.278. The second kappa shape index (κ2) is 7.63. The molecule has 1 aliphatic heterocycles. The number of benzene rings is 1. The van der Waals surface area contributed by atoms with Crippen molar-refractivity contribution in [3.8, 4) is 5.75 Å². The fourth-order valence-electron chi connectivity index (χ4n) is 2.92. The van der Waals surface area contributed by atoms with Crippen LogP contribution in [-0.2, 0) is 0 Å². The first-order valence-electron chi connectivity index (χ1n) is 8.18. The van der Waals surface area contributed by atoms with E-state index < -0.39 is 0 Å². The van der Waals surface area contributed by atoms with E-state index in [1.807, 2.05) is 18.2 Å². The molecule has 1 aromatic carbocycles. The number of aromatic amines is 1. The monoisotopic (exact) mass is 319 g/mol. The summed E-state index contributed by atoms with van der Waals surface area (Å²) in [6.07, 6.45) is 0.865. The number of nitrogens with one attached hydrogen (secondary N) is 1. The average Bonchev–Trinajstić information content (AvgIpc) is 2.93. The molecule has 0 radical (unpaired) electrons. The highest BCUT2D eigenvalue weighted by Gasteiger charge is 2.16. The van der Waals surface area contributed by atoms with E-state index >= 15 is 0 Å². The van der Waals surface area contributed by atoms with Crippen LogP contribution in [0.15, 0.2) is 18.2 Å². The van der Waals surface area contributed by atoms with Gasteiger partial charge in [-0.3, -0.25) is 4.90 Å². The second-order valence-electron chi connectivity index (χ2n) is 5.91. The van der Waals surface area contributed by atoms with Gasteiger partial charge in [-0.15, -0.1) is 0 Å². The van der Waals surface area contributed by atoms with E-state index in [0.717, 1.165) is 62.5 Å². The molecule has 126 valence electrons. The van der Waals surface area contributed by atoms with E-state index in [-0.39, 0.29) is 6.61 Å². The Hall–Kier alpha value is -1.83. The maximum atomic E-state index is 8.87. The zero-order valence-corrected chi connectivity index (χ0v) is 13.4. The molecule has 3 rings (SSSR count). The van der Waals surface area contributed by atoms with Gasteiger partial charge in [0.05, 0.1) is 11.0 Å². The number of H-pyrrole nitrogens is 1. The molecule has 0 saturated carbocycles. The molecule has 2 heterocycles. The molecule has 0 spiro atoms. The fraction of sp³-hybridized carbons (Fsp3) is 0.562. The fourth-order valence-corrected chi connectivity index (χ4v) is 2.92. The van der Waals surface area contributed by atoms with Crippen molar-refractivity contribution in [3.63, 3.8) is 0 Å². The molecule has 4 N–H and O–H groups in total. The predicted molar refractivity (Wildman–Crippen MR) is 90.6 cm³/mol. The van der Waals surface area contributed by atoms with Gasteiger partial charge >= 0.3 is 0 Å². The third-order valence-electron chi connectivity index (χ3n) is 4.25. The van der Waals surface area contributed by atoms with Crippen molar-refractivity contribution in [1.82, 2.24) is 19.8 Å². The number of aliphatic hydroxyl groups is 1. The Balaban J connectivity index is 1.41. The lowest BCUT2D eigenvalue weighted by Crippen LogP contribution is -2.47. The van der Waals surface area contributed by atoms with Gasteiger partial charge < -0.3 is 25.5 Å². The van der Waals surface area contributed by atoms with Gasteiger partial charge in [0.15, 0.2) is 5.95 Å². The Morgan fingerprint density at radius 3 is 2.65 bits per heavy atom. The molecular weight excluding hydrogens is 294 g/mol. The van der Waals surface area contributed by atoms with Gasteiger partial charge in [-0.2, -0.15) is 0 Å². The Morgan fingerprint density at radius 2 is 1.91 bits per heavy atom. The Kier molecular flexibility index (Phi) is 5.32. The molecule has 0 atom stereocenters. The number of ether oxygens (including phenoxy) is 1. The topological polar surface area (TPSA) is 90.6 Å². The second-order valence-corrected chi connectivity index (χ2v) is 5.91. The summed E-state index contributed by atoms with van der Waals surface area (Å²) in [5, 5.41) is 8.87. The van der Waals surface area contributed by atoms with Crippen LogP contribution >= 0.6 is 0 Å². The number of aromatic nitrogens is 2. The lowest BCUT2D eigenvalue weighted by molar-refractivity contribution is 0.111. The van der Waals surface area contributed by atoms with Gasteiger partial charge in [0, 0.05) is 51.9 Å². The van der Waals surface area contributed by atoms with Gasteiger partial charge in [0.1, 0.15) is 12.4 Å². The SMILES string of the molecule is Nc1nc2ccc(OCCN3CCN(CCCO)CC3)cc2[nH]1. The molecule has 1 fully saturated rings. The summed E-state index contributed by atoms with van der Waals surface area (Å²) in [4.78, 5) is 12.0. The number of nitrogens with zero attached hydrogens (tertiary/aromatic N) is 3. The number of fused-ring (bicyclic) bond motifs is 1. The maximum Gasteiger partial charge on any atom is 0.198 e. The first-order valence-corrected chi connectivity index (χ1v) is 8.18. The van der Waals surface area contributed by atoms with Crippen molar-refractivity contribution in [3.05, 3.63) is 18.2 Å². The zero-order valence-electron chi connectivity index (χ0n) is 13.4. The Bertz CT molecular complexity index is 622. The van der Waals surface area contributed by atoms with E-state index in [9.17, 15) is 0 Å². The first-order chi connectivity index (χ1) is 11.2. The quantitative estimate of drug-likeness (QED) is 0.689. The van der Waals surface area contributed by atoms with Crippen LogP contribution in [0.2, 0.25) is 0 Å². The number of nitrogens with two attached hydrogens (primary N) is 1. The molecule has 0 unspecified atom stereocenters. The van der Waals surface area contributed by atoms with Crippen LogP contribution in [0.5, 0.6) is 5.75 Å². The Labute approximate surface area is 136 Å². The predicted octanol–water partition coefficient (Wildman–Crippen LogP) is 0.524. The van der Waals surface area contributed by atoms with Crippen molar-refractivity contribution in [2.24, 2.45) is 0 Å². The van der Waals surface area contributed by atoms with Crippen LogP contribution in [0.3, 0.4) is 0 Å². The van der Waals surface area contributed by atoms with Gasteiger partial charge in [-0.1, -0.05) is 0 Å². The number of piperazine rings is 1. The number of imidazole rings is 1. The molecule has 1 aromatic heterocycles. The summed E-state index contributed by atoms with van der Waals surface area (Å²) >= 11 is 0. The molecule has 0 amide bonds. The van der Waals surface area contributed by atoms with E-state index in [2.05, 4.69) is 19.8 Å². The van der Waals surface area contributed by atoms with E-state index in [0.29, 0.717) is 12.6 Å². The lowest BCUT2D eigenvalue weighted by atomic mass is 10.3. The molecule has 23 heavy (non-hydrogen) atoms. The minimum atomic E-state index is 0.278. The third-order valence-corrected chi connectivity index (χ3v) is 4.25. The summed E-state index contributed by atoms with van der Waals surface area (Å²) in [6, 6.07) is 5.78. The highest BCUT2D eigenvalue weighted by atomic mass is 16.5. The van der Waals surface area contributed by atoms with E-state index in [1.165, 1.54) is 0 Å². The smallest absolute Gasteiger partial charge is 0.198 e. The van der Waals surface area contributed by atoms with Crippen molar-refractivity contribution in [1.29, 1.82) is 0 Å². The van der Waals surface area contributed by atoms with Crippen molar-refractivity contribution >= 4 is 17.0 Å². The molecule has 2 aromatic rings. The van der Waals surface area contributed by atoms with Crippen LogP contribution in [0.25, 0.3) is 11.0 Å². The average molecular weight is 319 g/mol. The number of anilines is 1. The van der Waals surface area contributed by atoms with Crippen molar-refractivity contribution in [2.45, 2.75) is 6.42 Å². The first kappa shape index (κ1) is 16.0. The summed E-state index contributed by atoms with van der Waals surface area (Å²) in [5.41, 5.74) is 7.40.